The van der Waals surface area contributed by atoms with Crippen LogP contribution in [0.15, 0.2) is 54.7 Å². The van der Waals surface area contributed by atoms with Crippen molar-refractivity contribution in [2.24, 2.45) is 0 Å². The van der Waals surface area contributed by atoms with Crippen molar-refractivity contribution in [3.05, 3.63) is 60.3 Å². The number of aromatic nitrogens is 2. The molecule has 0 bridgehead atoms. The zero-order valence-corrected chi connectivity index (χ0v) is 13.1. The van der Waals surface area contributed by atoms with Gasteiger partial charge in [-0.2, -0.15) is 4.98 Å². The summed E-state index contributed by atoms with van der Waals surface area (Å²) >= 11 is 0. The van der Waals surface area contributed by atoms with Gasteiger partial charge in [-0.05, 0) is 29.2 Å². The molecule has 0 amide bonds. The van der Waals surface area contributed by atoms with Crippen molar-refractivity contribution < 1.29 is 4.74 Å². The van der Waals surface area contributed by atoms with Crippen LogP contribution in [0.4, 0.5) is 5.95 Å². The largest absolute Gasteiger partial charge is 0.481 e. The molecule has 23 heavy (non-hydrogen) atoms. The molecule has 1 fully saturated rings. The van der Waals surface area contributed by atoms with Crippen molar-refractivity contribution in [1.29, 1.82) is 0 Å². The average molecular weight is 305 g/mol. The van der Waals surface area contributed by atoms with Crippen molar-refractivity contribution >= 4 is 16.7 Å². The quantitative estimate of drug-likeness (QED) is 0.733. The summed E-state index contributed by atoms with van der Waals surface area (Å²) in [5, 5.41) is 2.60. The van der Waals surface area contributed by atoms with Crippen LogP contribution in [0.1, 0.15) is 24.4 Å². The summed E-state index contributed by atoms with van der Waals surface area (Å²) in [4.78, 5) is 11.3. The fourth-order valence-corrected chi connectivity index (χ4v) is 3.45. The molecule has 1 aliphatic heterocycles. The zero-order chi connectivity index (χ0) is 15.6. The van der Waals surface area contributed by atoms with Gasteiger partial charge in [-0.25, -0.2) is 4.98 Å². The highest BCUT2D eigenvalue weighted by molar-refractivity contribution is 5.86. The second-order valence-electron chi connectivity index (χ2n) is 5.82. The summed E-state index contributed by atoms with van der Waals surface area (Å²) < 4.78 is 5.25. The number of hydrogen-bond acceptors (Lipinski definition) is 4. The van der Waals surface area contributed by atoms with Gasteiger partial charge < -0.3 is 9.64 Å². The SMILES string of the molecule is COc1ccnc(N2CCCC2c2cccc3ccccc23)n1. The summed E-state index contributed by atoms with van der Waals surface area (Å²) in [6, 6.07) is 17.2. The predicted octanol–water partition coefficient (Wildman–Crippen LogP) is 3.98. The van der Waals surface area contributed by atoms with Crippen LogP contribution in [0.3, 0.4) is 0 Å². The first kappa shape index (κ1) is 14.0. The Labute approximate surface area is 135 Å². The molecule has 0 saturated carbocycles. The topological polar surface area (TPSA) is 38.2 Å². The second-order valence-corrected chi connectivity index (χ2v) is 5.82. The molecule has 1 atom stereocenters. The molecule has 0 spiro atoms. The first-order valence-electron chi connectivity index (χ1n) is 7.98. The van der Waals surface area contributed by atoms with Crippen LogP contribution >= 0.6 is 0 Å². The van der Waals surface area contributed by atoms with Crippen molar-refractivity contribution in [1.82, 2.24) is 9.97 Å². The maximum atomic E-state index is 5.25. The molecular weight excluding hydrogens is 286 g/mol. The van der Waals surface area contributed by atoms with E-state index in [0.29, 0.717) is 11.9 Å². The molecule has 4 nitrogen and oxygen atoms in total. The lowest BCUT2D eigenvalue weighted by molar-refractivity contribution is 0.396. The van der Waals surface area contributed by atoms with Gasteiger partial charge >= 0.3 is 0 Å². The predicted molar refractivity (Wildman–Crippen MR) is 91.9 cm³/mol. The second kappa shape index (κ2) is 5.88. The summed E-state index contributed by atoms with van der Waals surface area (Å²) in [5.41, 5.74) is 1.35. The monoisotopic (exact) mass is 305 g/mol. The zero-order valence-electron chi connectivity index (χ0n) is 13.1. The van der Waals surface area contributed by atoms with Gasteiger partial charge in [0.15, 0.2) is 0 Å². The third kappa shape index (κ3) is 2.50. The van der Waals surface area contributed by atoms with E-state index in [1.165, 1.54) is 16.3 Å². The fraction of sp³-hybridized carbons (Fsp3) is 0.263. The van der Waals surface area contributed by atoms with Gasteiger partial charge in [0.1, 0.15) is 0 Å². The first-order valence-corrected chi connectivity index (χ1v) is 7.98. The normalized spacial score (nSPS) is 17.6. The van der Waals surface area contributed by atoms with Crippen LogP contribution in [0.25, 0.3) is 10.8 Å². The minimum Gasteiger partial charge on any atom is -0.481 e. The molecule has 4 heteroatoms. The number of nitrogens with zero attached hydrogens (tertiary/aromatic N) is 3. The van der Waals surface area contributed by atoms with Gasteiger partial charge in [0, 0.05) is 18.8 Å². The Morgan fingerprint density at radius 2 is 1.96 bits per heavy atom. The standard InChI is InChI=1S/C19H19N3O/c1-23-18-11-12-20-19(21-18)22-13-5-10-17(22)16-9-4-7-14-6-2-3-8-15(14)16/h2-4,6-9,11-12,17H,5,10,13H2,1H3. The van der Waals surface area contributed by atoms with E-state index in [2.05, 4.69) is 57.3 Å². The van der Waals surface area contributed by atoms with E-state index < -0.39 is 0 Å². The number of fused-ring (bicyclic) bond motifs is 1. The van der Waals surface area contributed by atoms with Crippen LogP contribution in [0.5, 0.6) is 5.88 Å². The summed E-state index contributed by atoms with van der Waals surface area (Å²) in [6.45, 7) is 0.973. The van der Waals surface area contributed by atoms with E-state index in [1.807, 2.05) is 0 Å². The lowest BCUT2D eigenvalue weighted by atomic mass is 9.97. The number of ether oxygens (including phenoxy) is 1. The Bertz CT molecular complexity index is 828. The summed E-state index contributed by atoms with van der Waals surface area (Å²) in [6.07, 6.45) is 4.03. The van der Waals surface area contributed by atoms with E-state index in [0.717, 1.165) is 25.3 Å². The number of anilines is 1. The first-order chi connectivity index (χ1) is 11.4. The third-order valence-electron chi connectivity index (χ3n) is 4.52. The molecule has 2 aromatic carbocycles. The average Bonchev–Trinajstić information content (AvgIpc) is 3.11. The highest BCUT2D eigenvalue weighted by atomic mass is 16.5. The van der Waals surface area contributed by atoms with Crippen molar-refractivity contribution in [3.8, 4) is 5.88 Å². The molecule has 2 heterocycles. The third-order valence-corrected chi connectivity index (χ3v) is 4.52. The lowest BCUT2D eigenvalue weighted by Gasteiger charge is -2.26. The van der Waals surface area contributed by atoms with Gasteiger partial charge in [-0.3, -0.25) is 0 Å². The molecule has 0 N–H and O–H groups in total. The van der Waals surface area contributed by atoms with Crippen molar-refractivity contribution in [3.63, 3.8) is 0 Å². The number of methoxy groups -OCH3 is 1. The Balaban J connectivity index is 1.77. The smallest absolute Gasteiger partial charge is 0.229 e. The van der Waals surface area contributed by atoms with E-state index in [-0.39, 0.29) is 0 Å². The van der Waals surface area contributed by atoms with Crippen LogP contribution in [0.2, 0.25) is 0 Å². The van der Waals surface area contributed by atoms with Gasteiger partial charge in [0.25, 0.3) is 0 Å². The Kier molecular flexibility index (Phi) is 3.58. The highest BCUT2D eigenvalue weighted by Crippen LogP contribution is 2.37. The number of benzene rings is 2. The van der Waals surface area contributed by atoms with Gasteiger partial charge in [0.2, 0.25) is 11.8 Å². The van der Waals surface area contributed by atoms with Crippen molar-refractivity contribution in [2.45, 2.75) is 18.9 Å². The molecule has 116 valence electrons. The van der Waals surface area contributed by atoms with Crippen molar-refractivity contribution in [2.75, 3.05) is 18.6 Å². The van der Waals surface area contributed by atoms with Crippen LogP contribution in [0, 0.1) is 0 Å². The lowest BCUT2D eigenvalue weighted by Crippen LogP contribution is -2.24. The number of rotatable bonds is 3. The van der Waals surface area contributed by atoms with E-state index >= 15 is 0 Å². The highest BCUT2D eigenvalue weighted by Gasteiger charge is 2.29. The van der Waals surface area contributed by atoms with E-state index in [9.17, 15) is 0 Å². The molecule has 1 unspecified atom stereocenters. The fourth-order valence-electron chi connectivity index (χ4n) is 3.45. The molecule has 4 rings (SSSR count). The Morgan fingerprint density at radius 1 is 1.09 bits per heavy atom. The molecule has 1 saturated heterocycles. The Hall–Kier alpha value is -2.62. The summed E-state index contributed by atoms with van der Waals surface area (Å²) in [5.74, 6) is 1.36. The van der Waals surface area contributed by atoms with Gasteiger partial charge in [-0.1, -0.05) is 42.5 Å². The minimum atomic E-state index is 0.313. The molecule has 1 aliphatic rings. The van der Waals surface area contributed by atoms with Gasteiger partial charge in [0.05, 0.1) is 13.2 Å². The van der Waals surface area contributed by atoms with Gasteiger partial charge in [-0.15, -0.1) is 0 Å². The summed E-state index contributed by atoms with van der Waals surface area (Å²) in [7, 11) is 1.64. The van der Waals surface area contributed by atoms with Crippen LogP contribution < -0.4 is 9.64 Å². The molecule has 1 aromatic heterocycles. The minimum absolute atomic E-state index is 0.313. The molecular formula is C19H19N3O. The molecule has 0 radical (unpaired) electrons. The number of hydrogen-bond donors (Lipinski definition) is 0. The van der Waals surface area contributed by atoms with Crippen LogP contribution in [-0.4, -0.2) is 23.6 Å². The maximum absolute atomic E-state index is 5.25. The van der Waals surface area contributed by atoms with Crippen LogP contribution in [-0.2, 0) is 0 Å². The Morgan fingerprint density at radius 3 is 2.87 bits per heavy atom. The van der Waals surface area contributed by atoms with E-state index in [1.54, 1.807) is 19.4 Å². The molecule has 3 aromatic rings. The maximum Gasteiger partial charge on any atom is 0.229 e. The molecule has 0 aliphatic carbocycles. The van der Waals surface area contributed by atoms with E-state index in [4.69, 9.17) is 4.74 Å².